The van der Waals surface area contributed by atoms with E-state index in [0.29, 0.717) is 44.1 Å². The predicted octanol–water partition coefficient (Wildman–Crippen LogP) is 6.60. The van der Waals surface area contributed by atoms with E-state index in [9.17, 15) is 27.8 Å². The summed E-state index contributed by atoms with van der Waals surface area (Å²) in [7, 11) is 0. The van der Waals surface area contributed by atoms with Gasteiger partial charge in [-0.3, -0.25) is 0 Å². The summed E-state index contributed by atoms with van der Waals surface area (Å²) >= 11 is 0. The Labute approximate surface area is 176 Å². The van der Waals surface area contributed by atoms with E-state index in [1.807, 2.05) is 12.2 Å². The summed E-state index contributed by atoms with van der Waals surface area (Å²) in [6.07, 6.45) is 6.70. The van der Waals surface area contributed by atoms with Gasteiger partial charge in [0, 0.05) is 12.0 Å². The summed E-state index contributed by atoms with van der Waals surface area (Å²) in [6.45, 7) is 2.90. The Kier molecular flexibility index (Phi) is 7.48. The molecule has 0 fully saturated rings. The van der Waals surface area contributed by atoms with Gasteiger partial charge in [-0.25, -0.2) is 4.39 Å². The molecule has 6 heteroatoms. The molecule has 0 spiro atoms. The van der Waals surface area contributed by atoms with Crippen LogP contribution in [0.3, 0.4) is 0 Å². The van der Waals surface area contributed by atoms with Crippen molar-refractivity contribution in [3.63, 3.8) is 0 Å². The van der Waals surface area contributed by atoms with Gasteiger partial charge in [0.25, 0.3) is 0 Å². The summed E-state index contributed by atoms with van der Waals surface area (Å²) in [4.78, 5) is 0. The minimum atomic E-state index is -4.30. The summed E-state index contributed by atoms with van der Waals surface area (Å²) in [5.41, 5.74) is 0.161. The number of alkyl halides is 4. The van der Waals surface area contributed by atoms with Gasteiger partial charge in [-0.2, -0.15) is 13.2 Å². The second-order valence-electron chi connectivity index (χ2n) is 9.10. The van der Waals surface area contributed by atoms with Crippen LogP contribution in [0.4, 0.5) is 17.6 Å². The van der Waals surface area contributed by atoms with Crippen LogP contribution in [0.2, 0.25) is 0 Å². The third kappa shape index (κ3) is 5.57. The standard InChI is InChI=1S/C24H32F4O2/c1-15(29)5-6-18-13-21(30)8-10-22(18)17-7-9-23(19(11-17)14-25)16-3-2-4-20(12-16)24(26,27)28/h8,10-12,16-18,21-23,29-30H,1-7,9,13-14H2. The van der Waals surface area contributed by atoms with Gasteiger partial charge in [0.15, 0.2) is 0 Å². The molecular formula is C24H32F4O2. The molecule has 0 aromatic heterocycles. The Bertz CT molecular complexity index is 706. The molecule has 3 aliphatic carbocycles. The molecule has 0 aliphatic heterocycles. The van der Waals surface area contributed by atoms with Crippen LogP contribution in [0.15, 0.2) is 47.8 Å². The fourth-order valence-electron chi connectivity index (χ4n) is 5.60. The Hall–Kier alpha value is -1.56. The minimum Gasteiger partial charge on any atom is -0.513 e. The van der Waals surface area contributed by atoms with Crippen LogP contribution < -0.4 is 0 Å². The number of hydrogen-bond acceptors (Lipinski definition) is 2. The number of rotatable bonds is 6. The zero-order valence-corrected chi connectivity index (χ0v) is 17.3. The van der Waals surface area contributed by atoms with E-state index in [4.69, 9.17) is 0 Å². The highest BCUT2D eigenvalue weighted by Gasteiger charge is 2.39. The fourth-order valence-corrected chi connectivity index (χ4v) is 5.60. The zero-order valence-electron chi connectivity index (χ0n) is 17.3. The number of aliphatic hydroxyl groups excluding tert-OH is 2. The van der Waals surface area contributed by atoms with Crippen LogP contribution in [0.5, 0.6) is 0 Å². The smallest absolute Gasteiger partial charge is 0.412 e. The van der Waals surface area contributed by atoms with Crippen molar-refractivity contribution in [1.82, 2.24) is 0 Å². The molecule has 6 atom stereocenters. The highest BCUT2D eigenvalue weighted by molar-refractivity contribution is 5.23. The molecule has 6 unspecified atom stereocenters. The molecule has 2 N–H and O–H groups in total. The fraction of sp³-hybridized carbons (Fsp3) is 0.667. The van der Waals surface area contributed by atoms with Crippen LogP contribution in [-0.4, -0.2) is 29.2 Å². The van der Waals surface area contributed by atoms with E-state index in [-0.39, 0.29) is 41.8 Å². The quantitative estimate of drug-likeness (QED) is 0.284. The largest absolute Gasteiger partial charge is 0.513 e. The molecule has 0 heterocycles. The maximum atomic E-state index is 14.0. The molecule has 3 aliphatic rings. The first-order valence-electron chi connectivity index (χ1n) is 11.0. The molecule has 0 aromatic rings. The van der Waals surface area contributed by atoms with Gasteiger partial charge in [-0.05, 0) is 80.1 Å². The van der Waals surface area contributed by atoms with Crippen LogP contribution >= 0.6 is 0 Å². The number of halogens is 4. The molecular weight excluding hydrogens is 396 g/mol. The Morgan fingerprint density at radius 3 is 2.53 bits per heavy atom. The normalized spacial score (nSPS) is 35.0. The first-order valence-corrected chi connectivity index (χ1v) is 11.0. The average molecular weight is 429 g/mol. The van der Waals surface area contributed by atoms with E-state index in [2.05, 4.69) is 6.58 Å². The van der Waals surface area contributed by atoms with E-state index in [1.54, 1.807) is 6.08 Å². The summed E-state index contributed by atoms with van der Waals surface area (Å²) in [5.74, 6) is 0.0727. The van der Waals surface area contributed by atoms with Crippen molar-refractivity contribution in [2.24, 2.45) is 29.6 Å². The second-order valence-corrected chi connectivity index (χ2v) is 9.10. The van der Waals surface area contributed by atoms with E-state index in [1.165, 1.54) is 6.08 Å². The van der Waals surface area contributed by atoms with Crippen molar-refractivity contribution >= 4 is 0 Å². The van der Waals surface area contributed by atoms with Crippen molar-refractivity contribution in [2.45, 2.75) is 63.6 Å². The van der Waals surface area contributed by atoms with Gasteiger partial charge in [-0.1, -0.05) is 30.9 Å². The zero-order chi connectivity index (χ0) is 21.9. The monoisotopic (exact) mass is 428 g/mol. The Morgan fingerprint density at radius 2 is 1.87 bits per heavy atom. The van der Waals surface area contributed by atoms with Gasteiger partial charge in [0.2, 0.25) is 0 Å². The lowest BCUT2D eigenvalue weighted by molar-refractivity contribution is -0.0958. The third-order valence-electron chi connectivity index (χ3n) is 7.09. The van der Waals surface area contributed by atoms with Crippen molar-refractivity contribution < 1.29 is 27.8 Å². The molecule has 2 nitrogen and oxygen atoms in total. The molecule has 0 bridgehead atoms. The number of hydrogen-bond donors (Lipinski definition) is 2. The molecule has 3 rings (SSSR count). The first-order chi connectivity index (χ1) is 14.2. The van der Waals surface area contributed by atoms with Gasteiger partial charge in [0.1, 0.15) is 6.67 Å². The average Bonchev–Trinajstić information content (AvgIpc) is 2.71. The second kappa shape index (κ2) is 9.71. The predicted molar refractivity (Wildman–Crippen MR) is 109 cm³/mol. The van der Waals surface area contributed by atoms with Crippen LogP contribution in [0.1, 0.15) is 51.4 Å². The van der Waals surface area contributed by atoms with Crippen molar-refractivity contribution in [3.05, 3.63) is 47.8 Å². The Morgan fingerprint density at radius 1 is 1.10 bits per heavy atom. The third-order valence-corrected chi connectivity index (χ3v) is 7.09. The van der Waals surface area contributed by atoms with Crippen molar-refractivity contribution in [3.8, 4) is 0 Å². The van der Waals surface area contributed by atoms with E-state index < -0.39 is 24.5 Å². The van der Waals surface area contributed by atoms with Gasteiger partial charge in [-0.15, -0.1) is 0 Å². The maximum Gasteiger partial charge on any atom is 0.412 e. The summed E-state index contributed by atoms with van der Waals surface area (Å²) in [6, 6.07) is 0. The van der Waals surface area contributed by atoms with Gasteiger partial charge in [0.05, 0.1) is 11.9 Å². The lowest BCUT2D eigenvalue weighted by atomic mass is 9.66. The summed E-state index contributed by atoms with van der Waals surface area (Å²) in [5, 5.41) is 19.5. The number of allylic oxidation sites excluding steroid dienone is 6. The van der Waals surface area contributed by atoms with Gasteiger partial charge >= 0.3 is 6.18 Å². The maximum absolute atomic E-state index is 14.0. The van der Waals surface area contributed by atoms with Crippen molar-refractivity contribution in [1.29, 1.82) is 0 Å². The van der Waals surface area contributed by atoms with Crippen LogP contribution in [0, 0.1) is 29.6 Å². The topological polar surface area (TPSA) is 40.5 Å². The molecule has 0 aromatic carbocycles. The first kappa shape index (κ1) is 23.1. The van der Waals surface area contributed by atoms with Crippen LogP contribution in [0.25, 0.3) is 0 Å². The molecule has 168 valence electrons. The molecule has 30 heavy (non-hydrogen) atoms. The summed E-state index contributed by atoms with van der Waals surface area (Å²) < 4.78 is 53.4. The highest BCUT2D eigenvalue weighted by atomic mass is 19.4. The molecule has 0 amide bonds. The highest BCUT2D eigenvalue weighted by Crippen LogP contribution is 2.46. The van der Waals surface area contributed by atoms with Gasteiger partial charge < -0.3 is 10.2 Å². The Balaban J connectivity index is 1.78. The lowest BCUT2D eigenvalue weighted by Crippen LogP contribution is -2.32. The molecule has 0 saturated heterocycles. The molecule has 0 saturated carbocycles. The SMILES string of the molecule is C=C(O)CCC1CC(O)C=CC1C1C=C(CF)C(C2C=C(C(F)(F)F)CCC2)CC1. The van der Waals surface area contributed by atoms with Crippen LogP contribution in [-0.2, 0) is 0 Å². The van der Waals surface area contributed by atoms with E-state index in [0.717, 1.165) is 6.42 Å². The lowest BCUT2D eigenvalue weighted by Gasteiger charge is -2.40. The minimum absolute atomic E-state index is 0.0526. The van der Waals surface area contributed by atoms with E-state index >= 15 is 0 Å². The molecule has 0 radical (unpaired) electrons. The van der Waals surface area contributed by atoms with Crippen molar-refractivity contribution in [2.75, 3.05) is 6.67 Å². The number of aliphatic hydroxyl groups is 2.